The molecule has 17 heteroatoms. The Kier molecular flexibility index (Phi) is 10.0. The van der Waals surface area contributed by atoms with Gasteiger partial charge >= 0.3 is 5.97 Å². The van der Waals surface area contributed by atoms with Gasteiger partial charge in [0.2, 0.25) is 5.16 Å². The van der Waals surface area contributed by atoms with Gasteiger partial charge < -0.3 is 20.6 Å². The van der Waals surface area contributed by atoms with Crippen molar-refractivity contribution in [1.29, 1.82) is 0 Å². The van der Waals surface area contributed by atoms with Gasteiger partial charge in [0, 0.05) is 16.9 Å². The van der Waals surface area contributed by atoms with E-state index in [1.54, 1.807) is 5.38 Å². The summed E-state index contributed by atoms with van der Waals surface area (Å²) in [5, 5.41) is 20.3. The van der Waals surface area contributed by atoms with E-state index in [9.17, 15) is 14.4 Å². The fourth-order valence-electron chi connectivity index (χ4n) is 5.02. The molecule has 3 N–H and O–H groups in total. The standard InChI is InChI=1S/C31H27N9O5S3/c1-3-14-39-36-31(35-38-39)48-16-20-15-46-28-23(34-26(41)22(37-44-2)21-17-47-30(32)33-21)27(42)40(28)24(20)29(43)45-25(18-10-6-4-7-11-18)19-12-8-5-9-13-19/h1,4-13,17,23,25,28H,14-16H2,2H3,(H2,32,33)(H,34,41)/b37-22+/t23?,28-/m1/s1. The van der Waals surface area contributed by atoms with E-state index in [4.69, 9.17) is 21.7 Å². The Hall–Kier alpha value is -5.18. The molecule has 2 aliphatic rings. The lowest BCUT2D eigenvalue weighted by Gasteiger charge is -2.49. The van der Waals surface area contributed by atoms with Gasteiger partial charge in [-0.05, 0) is 21.9 Å². The highest BCUT2D eigenvalue weighted by atomic mass is 32.2. The smallest absolute Gasteiger partial charge is 0.356 e. The molecule has 0 spiro atoms. The van der Waals surface area contributed by atoms with Gasteiger partial charge in [0.15, 0.2) is 16.9 Å². The Morgan fingerprint density at radius 1 is 1.19 bits per heavy atom. The molecule has 1 fully saturated rings. The number of rotatable bonds is 12. The number of nitrogens with one attached hydrogen (secondary N) is 1. The van der Waals surface area contributed by atoms with Gasteiger partial charge in [-0.3, -0.25) is 14.5 Å². The minimum Gasteiger partial charge on any atom is -0.448 e. The quantitative estimate of drug-likeness (QED) is 0.0551. The second kappa shape index (κ2) is 14.7. The van der Waals surface area contributed by atoms with Gasteiger partial charge in [-0.15, -0.1) is 39.7 Å². The molecular weight excluding hydrogens is 675 g/mol. The van der Waals surface area contributed by atoms with Gasteiger partial charge in [0.25, 0.3) is 11.8 Å². The Bertz CT molecular complexity index is 1880. The molecule has 1 saturated heterocycles. The fraction of sp³-hybridized carbons (Fsp3) is 0.226. The number of ether oxygens (including phenoxy) is 1. The number of hydrogen-bond acceptors (Lipinski definition) is 14. The number of oxime groups is 1. The number of fused-ring (bicyclic) bond motifs is 1. The number of benzene rings is 2. The maximum atomic E-state index is 14.2. The van der Waals surface area contributed by atoms with Crippen LogP contribution in [0, 0.1) is 12.3 Å². The average Bonchev–Trinajstić information content (AvgIpc) is 3.76. The number of terminal acetylenes is 1. The predicted molar refractivity (Wildman–Crippen MR) is 180 cm³/mol. The molecule has 4 heterocycles. The molecule has 2 atom stereocenters. The van der Waals surface area contributed by atoms with Crippen molar-refractivity contribution in [2.75, 3.05) is 24.3 Å². The molecule has 2 aliphatic heterocycles. The molecular formula is C31H27N9O5S3. The molecule has 0 saturated carbocycles. The number of amides is 2. The first-order chi connectivity index (χ1) is 23.4. The first kappa shape index (κ1) is 32.7. The summed E-state index contributed by atoms with van der Waals surface area (Å²) in [5.74, 6) is 1.23. The van der Waals surface area contributed by atoms with E-state index >= 15 is 0 Å². The maximum Gasteiger partial charge on any atom is 0.356 e. The summed E-state index contributed by atoms with van der Waals surface area (Å²) in [7, 11) is 1.29. The molecule has 0 radical (unpaired) electrons. The van der Waals surface area contributed by atoms with Crippen LogP contribution >= 0.6 is 34.9 Å². The first-order valence-corrected chi connectivity index (χ1v) is 17.2. The van der Waals surface area contributed by atoms with Crippen LogP contribution in [0.1, 0.15) is 22.9 Å². The Balaban J connectivity index is 1.28. The topological polar surface area (TPSA) is 180 Å². The number of nitrogen functional groups attached to an aromatic ring is 1. The third-order valence-corrected chi connectivity index (χ3v) is 10.1. The zero-order valence-corrected chi connectivity index (χ0v) is 27.7. The molecule has 2 aromatic carbocycles. The van der Waals surface area contributed by atoms with Gasteiger partial charge in [-0.2, -0.15) is 4.80 Å². The van der Waals surface area contributed by atoms with Crippen molar-refractivity contribution < 1.29 is 24.0 Å². The Labute approximate surface area is 287 Å². The third-order valence-electron chi connectivity index (χ3n) is 7.16. The Morgan fingerprint density at radius 2 is 1.90 bits per heavy atom. The number of nitrogens with zero attached hydrogens (tertiary/aromatic N) is 7. The summed E-state index contributed by atoms with van der Waals surface area (Å²) >= 11 is 3.78. The number of anilines is 1. The molecule has 0 aliphatic carbocycles. The van der Waals surface area contributed by atoms with E-state index < -0.39 is 35.3 Å². The van der Waals surface area contributed by atoms with Crippen LogP contribution in [0.15, 0.2) is 87.6 Å². The average molecular weight is 702 g/mol. The number of aromatic nitrogens is 5. The second-order valence-corrected chi connectivity index (χ2v) is 13.1. The summed E-state index contributed by atoms with van der Waals surface area (Å²) in [5.41, 5.74) is 8.08. The minimum atomic E-state index is -0.957. The number of thioether (sulfide) groups is 2. The number of esters is 1. The number of carbonyl (C=O) groups is 3. The zero-order valence-electron chi connectivity index (χ0n) is 25.3. The largest absolute Gasteiger partial charge is 0.448 e. The molecule has 0 bridgehead atoms. The molecule has 2 amide bonds. The highest BCUT2D eigenvalue weighted by molar-refractivity contribution is 8.01. The van der Waals surface area contributed by atoms with Gasteiger partial charge in [0.1, 0.15) is 36.5 Å². The summed E-state index contributed by atoms with van der Waals surface area (Å²) in [4.78, 5) is 52.9. The van der Waals surface area contributed by atoms with E-state index in [-0.39, 0.29) is 34.5 Å². The Morgan fingerprint density at radius 3 is 2.52 bits per heavy atom. The van der Waals surface area contributed by atoms with Crippen LogP contribution in [-0.4, -0.2) is 83.6 Å². The van der Waals surface area contributed by atoms with E-state index in [1.165, 1.54) is 40.3 Å². The van der Waals surface area contributed by atoms with Gasteiger partial charge in [0.05, 0.1) is 0 Å². The van der Waals surface area contributed by atoms with Crippen molar-refractivity contribution in [3.63, 3.8) is 0 Å². The van der Waals surface area contributed by atoms with Crippen LogP contribution < -0.4 is 11.1 Å². The molecule has 2 aromatic heterocycles. The minimum absolute atomic E-state index is 0.104. The van der Waals surface area contributed by atoms with E-state index in [0.29, 0.717) is 16.5 Å². The lowest BCUT2D eigenvalue weighted by molar-refractivity contribution is -0.154. The lowest BCUT2D eigenvalue weighted by Crippen LogP contribution is -2.71. The van der Waals surface area contributed by atoms with Crippen molar-refractivity contribution in [2.45, 2.75) is 29.2 Å². The van der Waals surface area contributed by atoms with Crippen molar-refractivity contribution in [3.05, 3.63) is 94.1 Å². The van der Waals surface area contributed by atoms with E-state index in [1.807, 2.05) is 60.7 Å². The third kappa shape index (κ3) is 6.90. The summed E-state index contributed by atoms with van der Waals surface area (Å²) < 4.78 is 6.21. The van der Waals surface area contributed by atoms with Crippen molar-refractivity contribution in [2.24, 2.45) is 5.16 Å². The van der Waals surface area contributed by atoms with Crippen LogP contribution in [0.4, 0.5) is 5.13 Å². The fourth-order valence-corrected chi connectivity index (χ4v) is 7.83. The van der Waals surface area contributed by atoms with Crippen LogP contribution in [0.2, 0.25) is 0 Å². The highest BCUT2D eigenvalue weighted by Gasteiger charge is 2.55. The van der Waals surface area contributed by atoms with Crippen LogP contribution in [0.3, 0.4) is 0 Å². The maximum absolute atomic E-state index is 14.2. The SMILES string of the molecule is C#CCn1nnc(SCC2=C(C(=O)OC(c3ccccc3)c3ccccc3)N3C(=O)C(NC(=O)/C(=N/OC)c4csc(N)n4)[C@H]3SC2)n1. The van der Waals surface area contributed by atoms with E-state index in [0.717, 1.165) is 22.5 Å². The number of β-lactam (4-membered cyclic amide) rings is 1. The highest BCUT2D eigenvalue weighted by Crippen LogP contribution is 2.42. The number of nitrogens with two attached hydrogens (primary N) is 1. The molecule has 48 heavy (non-hydrogen) atoms. The predicted octanol–water partition coefficient (Wildman–Crippen LogP) is 2.47. The molecule has 244 valence electrons. The number of tetrazole rings is 1. The number of carbonyl (C=O) groups excluding carboxylic acids is 3. The lowest BCUT2D eigenvalue weighted by atomic mass is 10.0. The zero-order chi connectivity index (χ0) is 33.6. The summed E-state index contributed by atoms with van der Waals surface area (Å²) in [6.45, 7) is 0.160. The molecule has 1 unspecified atom stereocenters. The second-order valence-electron chi connectivity index (χ2n) is 10.2. The van der Waals surface area contributed by atoms with Crippen molar-refractivity contribution in [1.82, 2.24) is 35.4 Å². The van der Waals surface area contributed by atoms with Crippen LogP contribution in [0.5, 0.6) is 0 Å². The van der Waals surface area contributed by atoms with Crippen LogP contribution in [-0.2, 0) is 30.5 Å². The number of hydrogen-bond donors (Lipinski definition) is 2. The van der Waals surface area contributed by atoms with Crippen molar-refractivity contribution >= 4 is 63.5 Å². The number of thiazole rings is 1. The summed E-state index contributed by atoms with van der Waals surface area (Å²) in [6.07, 6.45) is 4.61. The van der Waals surface area contributed by atoms with E-state index in [2.05, 4.69) is 36.8 Å². The first-order valence-electron chi connectivity index (χ1n) is 14.3. The molecule has 4 aromatic rings. The monoisotopic (exact) mass is 701 g/mol. The van der Waals surface area contributed by atoms with Crippen LogP contribution in [0.25, 0.3) is 0 Å². The molecule has 6 rings (SSSR count). The molecule has 14 nitrogen and oxygen atoms in total. The van der Waals surface area contributed by atoms with Gasteiger partial charge in [-0.1, -0.05) is 83.5 Å². The normalized spacial score (nSPS) is 17.4. The summed E-state index contributed by atoms with van der Waals surface area (Å²) in [6, 6.07) is 17.7. The van der Waals surface area contributed by atoms with Gasteiger partial charge in [-0.25, -0.2) is 9.78 Å². The van der Waals surface area contributed by atoms with Crippen molar-refractivity contribution in [3.8, 4) is 12.3 Å².